The summed E-state index contributed by atoms with van der Waals surface area (Å²) >= 11 is 0. The highest BCUT2D eigenvalue weighted by atomic mass is 16.4. The van der Waals surface area contributed by atoms with E-state index in [-0.39, 0.29) is 5.84 Å². The summed E-state index contributed by atoms with van der Waals surface area (Å²) in [5.41, 5.74) is 7.95. The molecule has 2 rings (SSSR count). The van der Waals surface area contributed by atoms with Gasteiger partial charge in [-0.1, -0.05) is 11.2 Å². The third-order valence-corrected chi connectivity index (χ3v) is 2.52. The van der Waals surface area contributed by atoms with Crippen LogP contribution in [-0.4, -0.2) is 21.0 Å². The van der Waals surface area contributed by atoms with E-state index in [2.05, 4.69) is 21.7 Å². The normalized spacial score (nSPS) is 11.9. The van der Waals surface area contributed by atoms with Gasteiger partial charge in [0.2, 0.25) is 0 Å². The number of aromatic nitrogens is 2. The van der Waals surface area contributed by atoms with Gasteiger partial charge in [-0.15, -0.1) is 6.58 Å². The molecular formula is C12H14N4O. The SMILES string of the molecule is C=CCCc1nc2ccc(/C(N)=N\O)cc2[nH]1. The Morgan fingerprint density at radius 2 is 2.41 bits per heavy atom. The molecule has 1 heterocycles. The maximum absolute atomic E-state index is 8.61. The Bertz CT molecular complexity index is 571. The van der Waals surface area contributed by atoms with Crippen LogP contribution in [0, 0.1) is 0 Å². The van der Waals surface area contributed by atoms with E-state index in [0.29, 0.717) is 5.56 Å². The fraction of sp³-hybridized carbons (Fsp3) is 0.167. The van der Waals surface area contributed by atoms with Gasteiger partial charge in [0.1, 0.15) is 5.82 Å². The van der Waals surface area contributed by atoms with E-state index in [1.165, 1.54) is 0 Å². The van der Waals surface area contributed by atoms with Crippen LogP contribution in [0.15, 0.2) is 36.0 Å². The topological polar surface area (TPSA) is 87.3 Å². The van der Waals surface area contributed by atoms with Gasteiger partial charge in [0, 0.05) is 12.0 Å². The molecule has 88 valence electrons. The number of oxime groups is 1. The molecule has 0 aliphatic rings. The highest BCUT2D eigenvalue weighted by Crippen LogP contribution is 2.14. The molecule has 0 aliphatic heterocycles. The van der Waals surface area contributed by atoms with Crippen LogP contribution >= 0.6 is 0 Å². The standard InChI is InChI=1S/C12H14N4O/c1-2-3-4-11-14-9-6-5-8(12(13)16-17)7-10(9)15-11/h2,5-7,17H,1,3-4H2,(H2,13,16)(H,14,15). The number of nitrogens with zero attached hydrogens (tertiary/aromatic N) is 2. The number of amidine groups is 1. The number of hydrogen-bond donors (Lipinski definition) is 3. The zero-order chi connectivity index (χ0) is 12.3. The quantitative estimate of drug-likeness (QED) is 0.246. The molecule has 0 saturated carbocycles. The van der Waals surface area contributed by atoms with Gasteiger partial charge < -0.3 is 15.9 Å². The third-order valence-electron chi connectivity index (χ3n) is 2.52. The number of allylic oxidation sites excluding steroid dienone is 1. The molecule has 0 atom stereocenters. The summed E-state index contributed by atoms with van der Waals surface area (Å²) in [7, 11) is 0. The van der Waals surface area contributed by atoms with Crippen molar-refractivity contribution in [1.82, 2.24) is 9.97 Å². The van der Waals surface area contributed by atoms with Crippen LogP contribution in [0.2, 0.25) is 0 Å². The highest BCUT2D eigenvalue weighted by molar-refractivity contribution is 5.99. The van der Waals surface area contributed by atoms with Crippen molar-refractivity contribution in [2.75, 3.05) is 0 Å². The number of nitrogens with two attached hydrogens (primary N) is 1. The average Bonchev–Trinajstić information content (AvgIpc) is 2.76. The molecule has 5 nitrogen and oxygen atoms in total. The van der Waals surface area contributed by atoms with Crippen LogP contribution in [0.3, 0.4) is 0 Å². The van der Waals surface area contributed by atoms with Gasteiger partial charge in [0.15, 0.2) is 5.84 Å². The lowest BCUT2D eigenvalue weighted by Crippen LogP contribution is -2.12. The Morgan fingerprint density at radius 3 is 3.12 bits per heavy atom. The Morgan fingerprint density at radius 1 is 1.59 bits per heavy atom. The summed E-state index contributed by atoms with van der Waals surface area (Å²) in [4.78, 5) is 7.63. The number of aromatic amines is 1. The molecule has 0 radical (unpaired) electrons. The Kier molecular flexibility index (Phi) is 3.09. The van der Waals surface area contributed by atoms with Gasteiger partial charge in [-0.2, -0.15) is 0 Å². The maximum Gasteiger partial charge on any atom is 0.170 e. The molecular weight excluding hydrogens is 216 g/mol. The van der Waals surface area contributed by atoms with E-state index in [0.717, 1.165) is 29.7 Å². The van der Waals surface area contributed by atoms with E-state index in [1.54, 1.807) is 6.07 Å². The lowest BCUT2D eigenvalue weighted by Gasteiger charge is -1.96. The van der Waals surface area contributed by atoms with Crippen molar-refractivity contribution in [2.24, 2.45) is 10.9 Å². The van der Waals surface area contributed by atoms with Gasteiger partial charge in [-0.3, -0.25) is 0 Å². The van der Waals surface area contributed by atoms with Crippen molar-refractivity contribution in [3.8, 4) is 0 Å². The monoisotopic (exact) mass is 230 g/mol. The number of imidazole rings is 1. The zero-order valence-corrected chi connectivity index (χ0v) is 9.35. The second kappa shape index (κ2) is 4.69. The third kappa shape index (κ3) is 2.28. The number of fused-ring (bicyclic) bond motifs is 1. The Hall–Kier alpha value is -2.30. The van der Waals surface area contributed by atoms with E-state index < -0.39 is 0 Å². The minimum absolute atomic E-state index is 0.0918. The van der Waals surface area contributed by atoms with Crippen LogP contribution < -0.4 is 5.73 Å². The number of H-pyrrole nitrogens is 1. The summed E-state index contributed by atoms with van der Waals surface area (Å²) in [5.74, 6) is 1.01. The molecule has 17 heavy (non-hydrogen) atoms. The lowest BCUT2D eigenvalue weighted by atomic mass is 10.2. The van der Waals surface area contributed by atoms with E-state index in [4.69, 9.17) is 10.9 Å². The van der Waals surface area contributed by atoms with Gasteiger partial charge in [-0.05, 0) is 24.6 Å². The Balaban J connectivity index is 2.37. The first-order valence-corrected chi connectivity index (χ1v) is 5.32. The first-order valence-electron chi connectivity index (χ1n) is 5.32. The lowest BCUT2D eigenvalue weighted by molar-refractivity contribution is 0.318. The van der Waals surface area contributed by atoms with Crippen LogP contribution in [0.4, 0.5) is 0 Å². The van der Waals surface area contributed by atoms with Crippen molar-refractivity contribution in [3.63, 3.8) is 0 Å². The second-order valence-electron chi connectivity index (χ2n) is 3.73. The molecule has 4 N–H and O–H groups in total. The second-order valence-corrected chi connectivity index (χ2v) is 3.73. The minimum atomic E-state index is 0.0918. The molecule has 1 aromatic heterocycles. The molecule has 0 aliphatic carbocycles. The van der Waals surface area contributed by atoms with E-state index in [1.807, 2.05) is 18.2 Å². The van der Waals surface area contributed by atoms with Crippen LogP contribution in [0.5, 0.6) is 0 Å². The minimum Gasteiger partial charge on any atom is -0.409 e. The number of hydrogen-bond acceptors (Lipinski definition) is 3. The van der Waals surface area contributed by atoms with Gasteiger partial charge in [-0.25, -0.2) is 4.98 Å². The van der Waals surface area contributed by atoms with Crippen molar-refractivity contribution >= 4 is 16.9 Å². The fourth-order valence-electron chi connectivity index (χ4n) is 1.64. The van der Waals surface area contributed by atoms with E-state index >= 15 is 0 Å². The summed E-state index contributed by atoms with van der Waals surface area (Å²) < 4.78 is 0. The van der Waals surface area contributed by atoms with Crippen molar-refractivity contribution < 1.29 is 5.21 Å². The molecule has 2 aromatic rings. The molecule has 0 saturated heterocycles. The van der Waals surface area contributed by atoms with Crippen LogP contribution in [0.1, 0.15) is 17.8 Å². The average molecular weight is 230 g/mol. The summed E-state index contributed by atoms with van der Waals surface area (Å²) in [6.07, 6.45) is 3.57. The smallest absolute Gasteiger partial charge is 0.170 e. The highest BCUT2D eigenvalue weighted by Gasteiger charge is 2.05. The maximum atomic E-state index is 8.61. The van der Waals surface area contributed by atoms with Crippen molar-refractivity contribution in [1.29, 1.82) is 0 Å². The number of nitrogens with one attached hydrogen (secondary N) is 1. The molecule has 0 bridgehead atoms. The zero-order valence-electron chi connectivity index (χ0n) is 9.35. The first kappa shape index (κ1) is 11.2. The molecule has 0 spiro atoms. The van der Waals surface area contributed by atoms with Crippen molar-refractivity contribution in [2.45, 2.75) is 12.8 Å². The summed E-state index contributed by atoms with van der Waals surface area (Å²) in [6.45, 7) is 3.68. The molecule has 1 aromatic carbocycles. The number of rotatable bonds is 4. The molecule has 5 heteroatoms. The fourth-order valence-corrected chi connectivity index (χ4v) is 1.64. The summed E-state index contributed by atoms with van der Waals surface area (Å²) in [6, 6.07) is 5.43. The predicted octanol–water partition coefficient (Wildman–Crippen LogP) is 1.78. The first-order chi connectivity index (χ1) is 8.24. The predicted molar refractivity (Wildman–Crippen MR) is 67.1 cm³/mol. The van der Waals surface area contributed by atoms with Gasteiger partial charge in [0.05, 0.1) is 11.0 Å². The van der Waals surface area contributed by atoms with Crippen molar-refractivity contribution in [3.05, 3.63) is 42.2 Å². The number of benzene rings is 1. The Labute approximate surface area is 98.7 Å². The summed E-state index contributed by atoms with van der Waals surface area (Å²) in [5, 5.41) is 11.6. The van der Waals surface area contributed by atoms with Gasteiger partial charge in [0.25, 0.3) is 0 Å². The van der Waals surface area contributed by atoms with E-state index in [9.17, 15) is 0 Å². The molecule has 0 unspecified atom stereocenters. The van der Waals surface area contributed by atoms with Crippen LogP contribution in [-0.2, 0) is 6.42 Å². The van der Waals surface area contributed by atoms with Crippen LogP contribution in [0.25, 0.3) is 11.0 Å². The number of aryl methyl sites for hydroxylation is 1. The molecule has 0 amide bonds. The van der Waals surface area contributed by atoms with Gasteiger partial charge >= 0.3 is 0 Å². The largest absolute Gasteiger partial charge is 0.409 e. The molecule has 0 fully saturated rings.